The van der Waals surface area contributed by atoms with Crippen molar-refractivity contribution in [3.05, 3.63) is 70.5 Å². The van der Waals surface area contributed by atoms with Crippen molar-refractivity contribution in [1.82, 2.24) is 15.0 Å². The molecule has 1 aromatic heterocycles. The molecule has 0 unspecified atom stereocenters. The van der Waals surface area contributed by atoms with Crippen molar-refractivity contribution in [1.29, 1.82) is 0 Å². The van der Waals surface area contributed by atoms with Crippen LogP contribution in [-0.2, 0) is 19.3 Å². The Morgan fingerprint density at radius 1 is 0.960 bits per heavy atom. The minimum Gasteiger partial charge on any atom is -0.368 e. The molecule has 0 atom stereocenters. The van der Waals surface area contributed by atoms with Gasteiger partial charge in [-0.1, -0.05) is 35.9 Å². The van der Waals surface area contributed by atoms with E-state index < -0.39 is 0 Å². The van der Waals surface area contributed by atoms with E-state index in [9.17, 15) is 0 Å². The van der Waals surface area contributed by atoms with Gasteiger partial charge in [0.15, 0.2) is 0 Å². The van der Waals surface area contributed by atoms with Gasteiger partial charge in [-0.2, -0.15) is 15.0 Å². The smallest absolute Gasteiger partial charge is 0.232 e. The molecular weight excluding hydrogens is 310 g/mol. The summed E-state index contributed by atoms with van der Waals surface area (Å²) < 4.78 is 0. The molecule has 0 spiro atoms. The SMILES string of the molecule is Cc1ccc(Nc2nc(N)nc(Cc3ccc4c(c3)CCC4)n2)cc1. The van der Waals surface area contributed by atoms with Crippen LogP contribution < -0.4 is 11.1 Å². The van der Waals surface area contributed by atoms with E-state index in [2.05, 4.69) is 45.4 Å². The average Bonchev–Trinajstić information content (AvgIpc) is 3.04. The summed E-state index contributed by atoms with van der Waals surface area (Å²) in [6.45, 7) is 2.05. The van der Waals surface area contributed by atoms with E-state index in [1.54, 1.807) is 0 Å². The lowest BCUT2D eigenvalue weighted by molar-refractivity contribution is 0.910. The molecule has 0 bridgehead atoms. The number of benzene rings is 2. The molecule has 0 aliphatic heterocycles. The van der Waals surface area contributed by atoms with Crippen molar-refractivity contribution in [2.75, 3.05) is 11.1 Å². The third-order valence-corrected chi connectivity index (χ3v) is 4.53. The molecular formula is C20H21N5. The molecule has 25 heavy (non-hydrogen) atoms. The molecule has 1 heterocycles. The van der Waals surface area contributed by atoms with E-state index in [4.69, 9.17) is 5.73 Å². The van der Waals surface area contributed by atoms with Crippen LogP contribution in [0.5, 0.6) is 0 Å². The van der Waals surface area contributed by atoms with Crippen LogP contribution in [0.1, 0.15) is 34.5 Å². The Balaban J connectivity index is 1.56. The second-order valence-electron chi connectivity index (χ2n) is 6.56. The van der Waals surface area contributed by atoms with Crippen LogP contribution in [0.3, 0.4) is 0 Å². The van der Waals surface area contributed by atoms with E-state index in [0.29, 0.717) is 18.2 Å². The van der Waals surface area contributed by atoms with E-state index in [1.807, 2.05) is 24.3 Å². The van der Waals surface area contributed by atoms with Crippen molar-refractivity contribution in [3.63, 3.8) is 0 Å². The summed E-state index contributed by atoms with van der Waals surface area (Å²) in [6, 6.07) is 14.7. The first-order chi connectivity index (χ1) is 12.2. The Hall–Kier alpha value is -2.95. The molecule has 0 saturated heterocycles. The molecule has 1 aliphatic carbocycles. The van der Waals surface area contributed by atoms with Crippen molar-refractivity contribution < 1.29 is 0 Å². The molecule has 5 heteroatoms. The van der Waals surface area contributed by atoms with Crippen LogP contribution in [-0.4, -0.2) is 15.0 Å². The second kappa shape index (κ2) is 6.51. The molecule has 4 rings (SSSR count). The van der Waals surface area contributed by atoms with Crippen molar-refractivity contribution in [2.45, 2.75) is 32.6 Å². The highest BCUT2D eigenvalue weighted by atomic mass is 15.2. The minimum absolute atomic E-state index is 0.237. The fourth-order valence-corrected chi connectivity index (χ4v) is 3.26. The van der Waals surface area contributed by atoms with Gasteiger partial charge in [-0.05, 0) is 55.0 Å². The number of anilines is 3. The van der Waals surface area contributed by atoms with Gasteiger partial charge in [0.1, 0.15) is 5.82 Å². The lowest BCUT2D eigenvalue weighted by atomic mass is 10.0. The second-order valence-corrected chi connectivity index (χ2v) is 6.56. The summed E-state index contributed by atoms with van der Waals surface area (Å²) in [6.07, 6.45) is 4.27. The van der Waals surface area contributed by atoms with E-state index in [1.165, 1.54) is 41.5 Å². The first kappa shape index (κ1) is 15.6. The summed E-state index contributed by atoms with van der Waals surface area (Å²) in [5, 5.41) is 3.20. The molecule has 126 valence electrons. The summed E-state index contributed by atoms with van der Waals surface area (Å²) in [7, 11) is 0. The zero-order valence-electron chi connectivity index (χ0n) is 14.3. The molecule has 0 amide bonds. The third kappa shape index (κ3) is 3.60. The van der Waals surface area contributed by atoms with Crippen LogP contribution in [0.2, 0.25) is 0 Å². The Bertz CT molecular complexity index is 902. The number of fused-ring (bicyclic) bond motifs is 1. The van der Waals surface area contributed by atoms with Crippen molar-refractivity contribution >= 4 is 17.6 Å². The van der Waals surface area contributed by atoms with Crippen LogP contribution in [0.4, 0.5) is 17.6 Å². The highest BCUT2D eigenvalue weighted by Crippen LogP contribution is 2.24. The van der Waals surface area contributed by atoms with Gasteiger partial charge in [0, 0.05) is 12.1 Å². The molecule has 3 N–H and O–H groups in total. The number of aryl methyl sites for hydroxylation is 3. The number of nitrogens with one attached hydrogen (secondary N) is 1. The van der Waals surface area contributed by atoms with Crippen LogP contribution in [0.15, 0.2) is 42.5 Å². The number of nitrogens with two attached hydrogens (primary N) is 1. The molecule has 5 nitrogen and oxygen atoms in total. The lowest BCUT2D eigenvalue weighted by Crippen LogP contribution is -2.07. The van der Waals surface area contributed by atoms with Gasteiger partial charge in [0.05, 0.1) is 0 Å². The summed E-state index contributed by atoms with van der Waals surface area (Å²) >= 11 is 0. The molecule has 2 aromatic carbocycles. The highest BCUT2D eigenvalue weighted by molar-refractivity contribution is 5.54. The quantitative estimate of drug-likeness (QED) is 0.764. The lowest BCUT2D eigenvalue weighted by Gasteiger charge is -2.08. The fourth-order valence-electron chi connectivity index (χ4n) is 3.26. The van der Waals surface area contributed by atoms with E-state index in [-0.39, 0.29) is 5.95 Å². The summed E-state index contributed by atoms with van der Waals surface area (Å²) in [5.41, 5.74) is 12.2. The first-order valence-electron chi connectivity index (χ1n) is 8.60. The first-order valence-corrected chi connectivity index (χ1v) is 8.60. The Kier molecular flexibility index (Phi) is 4.06. The summed E-state index contributed by atoms with van der Waals surface area (Å²) in [4.78, 5) is 13.0. The molecule has 0 fully saturated rings. The highest BCUT2D eigenvalue weighted by Gasteiger charge is 2.12. The fraction of sp³-hybridized carbons (Fsp3) is 0.250. The minimum atomic E-state index is 0.237. The summed E-state index contributed by atoms with van der Waals surface area (Å²) in [5.74, 6) is 1.40. The Morgan fingerprint density at radius 3 is 2.60 bits per heavy atom. The number of hydrogen-bond acceptors (Lipinski definition) is 5. The topological polar surface area (TPSA) is 76.7 Å². The molecule has 1 aliphatic rings. The van der Waals surface area contributed by atoms with Gasteiger partial charge in [-0.15, -0.1) is 0 Å². The normalized spacial score (nSPS) is 12.8. The number of aromatic nitrogens is 3. The largest absolute Gasteiger partial charge is 0.368 e. The maximum atomic E-state index is 5.88. The van der Waals surface area contributed by atoms with Crippen LogP contribution >= 0.6 is 0 Å². The molecule has 0 radical (unpaired) electrons. The predicted octanol–water partition coefficient (Wildman–Crippen LogP) is 3.59. The van der Waals surface area contributed by atoms with Gasteiger partial charge in [-0.3, -0.25) is 0 Å². The number of hydrogen-bond donors (Lipinski definition) is 2. The van der Waals surface area contributed by atoms with Crippen molar-refractivity contribution in [3.8, 4) is 0 Å². The van der Waals surface area contributed by atoms with Crippen molar-refractivity contribution in [2.24, 2.45) is 0 Å². The van der Waals surface area contributed by atoms with Crippen LogP contribution in [0.25, 0.3) is 0 Å². The molecule has 0 saturated carbocycles. The monoisotopic (exact) mass is 331 g/mol. The van der Waals surface area contributed by atoms with Gasteiger partial charge in [-0.25, -0.2) is 0 Å². The number of nitrogens with zero attached hydrogens (tertiary/aromatic N) is 3. The van der Waals surface area contributed by atoms with Gasteiger partial charge in [0.25, 0.3) is 0 Å². The maximum absolute atomic E-state index is 5.88. The van der Waals surface area contributed by atoms with E-state index in [0.717, 1.165) is 5.69 Å². The van der Waals surface area contributed by atoms with E-state index >= 15 is 0 Å². The Morgan fingerprint density at radius 2 is 1.76 bits per heavy atom. The zero-order valence-corrected chi connectivity index (χ0v) is 14.3. The molecule has 3 aromatic rings. The zero-order chi connectivity index (χ0) is 17.2. The predicted molar refractivity (Wildman–Crippen MR) is 100.0 cm³/mol. The number of rotatable bonds is 4. The van der Waals surface area contributed by atoms with Gasteiger partial charge >= 0.3 is 0 Å². The standard InChI is InChI=1S/C20H21N5/c1-13-5-9-17(10-6-13)22-20-24-18(23-19(21)25-20)12-14-7-8-15-3-2-4-16(15)11-14/h5-11H,2-4,12H2,1H3,(H3,21,22,23,24,25). The van der Waals surface area contributed by atoms with Gasteiger partial charge in [0.2, 0.25) is 11.9 Å². The number of nitrogen functional groups attached to an aromatic ring is 1. The Labute approximate surface area is 147 Å². The van der Waals surface area contributed by atoms with Crippen LogP contribution in [0, 0.1) is 6.92 Å². The average molecular weight is 331 g/mol. The maximum Gasteiger partial charge on any atom is 0.232 e. The van der Waals surface area contributed by atoms with Gasteiger partial charge < -0.3 is 11.1 Å². The third-order valence-electron chi connectivity index (χ3n) is 4.53.